The van der Waals surface area contributed by atoms with Crippen LogP contribution in [-0.2, 0) is 4.74 Å². The van der Waals surface area contributed by atoms with Gasteiger partial charge in [-0.3, -0.25) is 0 Å². The van der Waals surface area contributed by atoms with Crippen molar-refractivity contribution in [1.29, 1.82) is 0 Å². The molecule has 18 heavy (non-hydrogen) atoms. The summed E-state index contributed by atoms with van der Waals surface area (Å²) < 4.78 is 5.96. The summed E-state index contributed by atoms with van der Waals surface area (Å²) >= 11 is 0. The van der Waals surface area contributed by atoms with Crippen molar-refractivity contribution in [2.24, 2.45) is 17.3 Å². The van der Waals surface area contributed by atoms with Crippen molar-refractivity contribution in [1.82, 2.24) is 0 Å². The number of hydrogen-bond donors (Lipinski definition) is 2. The third kappa shape index (κ3) is 1.30. The lowest BCUT2D eigenvalue weighted by Crippen LogP contribution is -2.54. The van der Waals surface area contributed by atoms with Gasteiger partial charge in [0.05, 0.1) is 12.7 Å². The van der Waals surface area contributed by atoms with Crippen molar-refractivity contribution < 1.29 is 14.9 Å². The smallest absolute Gasteiger partial charge is 0.144 e. The zero-order chi connectivity index (χ0) is 13.1. The molecule has 0 unspecified atom stereocenters. The SMILES string of the molecule is C=C(CO)[C@@]12O[C@@H]1[C@]1(C)[C@@H](CCC[C@H]1C)C[C@@H]2O. The van der Waals surface area contributed by atoms with E-state index in [2.05, 4.69) is 20.4 Å². The average molecular weight is 252 g/mol. The molecule has 0 radical (unpaired) electrons. The van der Waals surface area contributed by atoms with Crippen LogP contribution in [0.1, 0.15) is 39.5 Å². The van der Waals surface area contributed by atoms with Crippen molar-refractivity contribution in [3.8, 4) is 0 Å². The topological polar surface area (TPSA) is 53.0 Å². The van der Waals surface area contributed by atoms with Gasteiger partial charge in [0, 0.05) is 5.41 Å². The van der Waals surface area contributed by atoms with Crippen molar-refractivity contribution in [2.75, 3.05) is 6.61 Å². The Hall–Kier alpha value is -0.380. The highest BCUT2D eigenvalue weighted by Crippen LogP contribution is 2.66. The van der Waals surface area contributed by atoms with E-state index in [1.165, 1.54) is 19.3 Å². The summed E-state index contributed by atoms with van der Waals surface area (Å²) in [6, 6.07) is 0. The highest BCUT2D eigenvalue weighted by Gasteiger charge is 2.74. The Labute approximate surface area is 109 Å². The molecule has 0 aromatic rings. The van der Waals surface area contributed by atoms with Gasteiger partial charge in [-0.05, 0) is 30.3 Å². The fraction of sp³-hybridized carbons (Fsp3) is 0.867. The molecule has 2 saturated carbocycles. The summed E-state index contributed by atoms with van der Waals surface area (Å²) in [5, 5.41) is 19.8. The molecule has 0 bridgehead atoms. The number of epoxide rings is 1. The summed E-state index contributed by atoms with van der Waals surface area (Å²) in [6.07, 6.45) is 4.04. The van der Waals surface area contributed by atoms with Crippen LogP contribution in [0.15, 0.2) is 12.2 Å². The molecule has 0 amide bonds. The number of rotatable bonds is 2. The molecular weight excluding hydrogens is 228 g/mol. The Morgan fingerprint density at radius 1 is 1.44 bits per heavy atom. The van der Waals surface area contributed by atoms with Crippen LogP contribution >= 0.6 is 0 Å². The molecule has 3 nitrogen and oxygen atoms in total. The molecule has 3 fully saturated rings. The van der Waals surface area contributed by atoms with Crippen LogP contribution in [-0.4, -0.2) is 34.6 Å². The predicted molar refractivity (Wildman–Crippen MR) is 69.1 cm³/mol. The van der Waals surface area contributed by atoms with Crippen LogP contribution < -0.4 is 0 Å². The Morgan fingerprint density at radius 3 is 2.83 bits per heavy atom. The van der Waals surface area contributed by atoms with E-state index in [-0.39, 0.29) is 18.1 Å². The molecule has 1 heterocycles. The van der Waals surface area contributed by atoms with E-state index in [9.17, 15) is 10.2 Å². The van der Waals surface area contributed by atoms with E-state index >= 15 is 0 Å². The van der Waals surface area contributed by atoms with Crippen LogP contribution in [0.25, 0.3) is 0 Å². The molecule has 3 rings (SSSR count). The third-order valence-electron chi connectivity index (χ3n) is 6.09. The first-order valence-corrected chi connectivity index (χ1v) is 7.13. The molecule has 6 atom stereocenters. The van der Waals surface area contributed by atoms with Crippen molar-refractivity contribution in [3.05, 3.63) is 12.2 Å². The summed E-state index contributed by atoms with van der Waals surface area (Å²) in [5.41, 5.74) is 0.138. The van der Waals surface area contributed by atoms with Crippen LogP contribution in [0.2, 0.25) is 0 Å². The van der Waals surface area contributed by atoms with Gasteiger partial charge in [-0.25, -0.2) is 0 Å². The number of hydrogen-bond acceptors (Lipinski definition) is 3. The third-order valence-corrected chi connectivity index (χ3v) is 6.09. The van der Waals surface area contributed by atoms with Gasteiger partial charge in [-0.1, -0.05) is 33.3 Å². The quantitative estimate of drug-likeness (QED) is 0.583. The second-order valence-corrected chi connectivity index (χ2v) is 6.70. The summed E-state index contributed by atoms with van der Waals surface area (Å²) in [5.74, 6) is 1.16. The minimum absolute atomic E-state index is 0.0497. The lowest BCUT2D eigenvalue weighted by atomic mass is 9.53. The van der Waals surface area contributed by atoms with Gasteiger partial charge in [0.15, 0.2) is 0 Å². The maximum absolute atomic E-state index is 10.4. The number of aliphatic hydroxyl groups excluding tert-OH is 2. The van der Waals surface area contributed by atoms with Gasteiger partial charge < -0.3 is 14.9 Å². The van der Waals surface area contributed by atoms with Crippen LogP contribution in [0, 0.1) is 17.3 Å². The van der Waals surface area contributed by atoms with Gasteiger partial charge in [0.25, 0.3) is 0 Å². The minimum Gasteiger partial charge on any atom is -0.392 e. The molecule has 0 aromatic carbocycles. The minimum atomic E-state index is -0.647. The largest absolute Gasteiger partial charge is 0.392 e. The van der Waals surface area contributed by atoms with Crippen molar-refractivity contribution in [2.45, 2.75) is 57.3 Å². The van der Waals surface area contributed by atoms with E-state index < -0.39 is 11.7 Å². The Bertz CT molecular complexity index is 380. The molecule has 2 aliphatic carbocycles. The standard InChI is InChI=1S/C15H24O3/c1-9-5-4-6-11-7-12(17)15(10(2)8-16)13(18-15)14(9,11)3/h9,11-13,16-17H,2,4-8H2,1,3H3/t9-,11+,12+,13-,14+,15+/m1/s1. The van der Waals surface area contributed by atoms with Gasteiger partial charge in [-0.2, -0.15) is 0 Å². The van der Waals surface area contributed by atoms with Gasteiger partial charge in [0.1, 0.15) is 11.7 Å². The molecule has 3 heteroatoms. The fourth-order valence-electron chi connectivity index (χ4n) is 4.61. The van der Waals surface area contributed by atoms with Gasteiger partial charge in [-0.15, -0.1) is 0 Å². The molecule has 1 aliphatic heterocycles. The molecule has 0 aromatic heterocycles. The normalized spacial score (nSPS) is 54.4. The molecule has 0 spiro atoms. The average Bonchev–Trinajstić information content (AvgIpc) is 3.11. The Balaban J connectivity index is 1.95. The number of aliphatic hydroxyl groups is 2. The van der Waals surface area contributed by atoms with Gasteiger partial charge in [0.2, 0.25) is 0 Å². The lowest BCUT2D eigenvalue weighted by Gasteiger charge is -2.50. The van der Waals surface area contributed by atoms with Crippen LogP contribution in [0.5, 0.6) is 0 Å². The zero-order valence-corrected chi connectivity index (χ0v) is 11.4. The Morgan fingerprint density at radius 2 is 2.17 bits per heavy atom. The highest BCUT2D eigenvalue weighted by molar-refractivity contribution is 5.34. The van der Waals surface area contributed by atoms with Crippen LogP contribution in [0.4, 0.5) is 0 Å². The maximum atomic E-state index is 10.4. The first-order valence-electron chi connectivity index (χ1n) is 7.13. The van der Waals surface area contributed by atoms with Crippen molar-refractivity contribution in [3.63, 3.8) is 0 Å². The summed E-state index contributed by atoms with van der Waals surface area (Å²) in [4.78, 5) is 0. The molecule has 1 saturated heterocycles. The van der Waals surface area contributed by atoms with E-state index in [1.807, 2.05) is 0 Å². The number of fused-ring (bicyclic) bond motifs is 3. The lowest BCUT2D eigenvalue weighted by molar-refractivity contribution is -0.0325. The molecule has 102 valence electrons. The molecular formula is C15H24O3. The molecule has 3 aliphatic rings. The monoisotopic (exact) mass is 252 g/mol. The second-order valence-electron chi connectivity index (χ2n) is 6.70. The van der Waals surface area contributed by atoms with E-state index in [0.717, 1.165) is 6.42 Å². The zero-order valence-electron chi connectivity index (χ0n) is 11.4. The van der Waals surface area contributed by atoms with E-state index in [0.29, 0.717) is 17.4 Å². The summed E-state index contributed by atoms with van der Waals surface area (Å²) in [7, 11) is 0. The fourth-order valence-corrected chi connectivity index (χ4v) is 4.61. The van der Waals surface area contributed by atoms with Crippen LogP contribution in [0.3, 0.4) is 0 Å². The molecule has 2 N–H and O–H groups in total. The van der Waals surface area contributed by atoms with Gasteiger partial charge >= 0.3 is 0 Å². The first kappa shape index (κ1) is 12.6. The maximum Gasteiger partial charge on any atom is 0.144 e. The van der Waals surface area contributed by atoms with E-state index in [1.54, 1.807) is 0 Å². The van der Waals surface area contributed by atoms with E-state index in [4.69, 9.17) is 4.74 Å². The van der Waals surface area contributed by atoms with Crippen molar-refractivity contribution >= 4 is 0 Å². The number of ether oxygens (including phenoxy) is 1. The first-order chi connectivity index (χ1) is 8.47. The second kappa shape index (κ2) is 3.81. The Kier molecular flexibility index (Phi) is 2.68. The predicted octanol–water partition coefficient (Wildman–Crippen LogP) is 1.88. The highest BCUT2D eigenvalue weighted by atomic mass is 16.6. The summed E-state index contributed by atoms with van der Waals surface area (Å²) in [6.45, 7) is 8.44.